The monoisotopic (exact) mass is 789 g/mol. The van der Waals surface area contributed by atoms with Crippen molar-refractivity contribution in [2.24, 2.45) is 0 Å². The Morgan fingerprint density at radius 3 is 1.57 bits per heavy atom. The van der Waals surface area contributed by atoms with Gasteiger partial charge in [0.2, 0.25) is 0 Å². The molecule has 0 aliphatic carbocycles. The van der Waals surface area contributed by atoms with Crippen molar-refractivity contribution < 1.29 is 42.9 Å². The molecular weight excluding hydrogens is 707 g/mol. The summed E-state index contributed by atoms with van der Waals surface area (Å²) < 4.78 is 22.6. The van der Waals surface area contributed by atoms with E-state index < -0.39 is 24.3 Å². The molecule has 0 amide bonds. The molecule has 322 valence electrons. The van der Waals surface area contributed by atoms with Gasteiger partial charge in [0.25, 0.3) is 6.29 Å². The number of hydrogen-bond donors (Lipinski definition) is 1. The smallest absolute Gasteiger partial charge is 0.361 e. The molecule has 9 heteroatoms. The number of quaternary nitrogens is 1. The lowest BCUT2D eigenvalue weighted by atomic mass is 10.1. The number of rotatable bonds is 39. The summed E-state index contributed by atoms with van der Waals surface area (Å²) in [6.45, 7) is 4.67. The molecule has 2 atom stereocenters. The lowest BCUT2D eigenvalue weighted by molar-refractivity contribution is -0.870. The van der Waals surface area contributed by atoms with E-state index in [-0.39, 0.29) is 38.6 Å². The van der Waals surface area contributed by atoms with E-state index in [4.69, 9.17) is 18.9 Å². The SMILES string of the molecule is CC/C=C\C/C=C\C/C=C\C/C=C\CCCCC(=O)OC(COC(=O)CCCCCCC/C=C\CCCCCCCCC)COC(OCC[N+](C)(C)C)C(=O)O. The first-order chi connectivity index (χ1) is 27.1. The number of likely N-dealkylation sites (N-methyl/N-ethyl adjacent to an activating group) is 1. The van der Waals surface area contributed by atoms with Crippen LogP contribution in [0.15, 0.2) is 60.8 Å². The fourth-order valence-corrected chi connectivity index (χ4v) is 5.58. The molecule has 0 saturated carbocycles. The lowest BCUT2D eigenvalue weighted by Gasteiger charge is -2.25. The summed E-state index contributed by atoms with van der Waals surface area (Å²) in [5, 5.41) is 9.62. The second kappa shape index (κ2) is 38.8. The van der Waals surface area contributed by atoms with Gasteiger partial charge in [-0.05, 0) is 77.0 Å². The van der Waals surface area contributed by atoms with Gasteiger partial charge in [-0.15, -0.1) is 0 Å². The molecule has 0 fully saturated rings. The van der Waals surface area contributed by atoms with Gasteiger partial charge in [-0.1, -0.05) is 132 Å². The summed E-state index contributed by atoms with van der Waals surface area (Å²) in [5.74, 6) is -2.08. The minimum Gasteiger partial charge on any atom is -0.477 e. The summed E-state index contributed by atoms with van der Waals surface area (Å²) in [4.78, 5) is 37.1. The Labute approximate surface area is 342 Å². The minimum atomic E-state index is -1.52. The van der Waals surface area contributed by atoms with Crippen LogP contribution in [-0.2, 0) is 33.3 Å². The Hall–Kier alpha value is -3.01. The highest BCUT2D eigenvalue weighted by molar-refractivity contribution is 5.71. The number of carboxylic acids is 1. The molecule has 0 radical (unpaired) electrons. The van der Waals surface area contributed by atoms with Gasteiger partial charge in [0.15, 0.2) is 6.10 Å². The molecule has 0 aromatic heterocycles. The number of ether oxygens (including phenoxy) is 4. The lowest BCUT2D eigenvalue weighted by Crippen LogP contribution is -2.40. The average molecular weight is 789 g/mol. The number of unbranched alkanes of at least 4 members (excludes halogenated alkanes) is 14. The van der Waals surface area contributed by atoms with Crippen molar-refractivity contribution in [3.63, 3.8) is 0 Å². The number of esters is 2. The van der Waals surface area contributed by atoms with Crippen molar-refractivity contribution >= 4 is 17.9 Å². The van der Waals surface area contributed by atoms with Crippen molar-refractivity contribution in [2.45, 2.75) is 174 Å². The van der Waals surface area contributed by atoms with Crippen molar-refractivity contribution in [1.82, 2.24) is 0 Å². The molecule has 0 aliphatic rings. The molecule has 0 saturated heterocycles. The van der Waals surface area contributed by atoms with Gasteiger partial charge in [-0.25, -0.2) is 4.79 Å². The van der Waals surface area contributed by atoms with Crippen molar-refractivity contribution in [2.75, 3.05) is 47.5 Å². The molecule has 0 spiro atoms. The van der Waals surface area contributed by atoms with Crippen LogP contribution in [-0.4, -0.2) is 87.4 Å². The third-order valence-corrected chi connectivity index (χ3v) is 9.01. The van der Waals surface area contributed by atoms with Crippen LogP contribution in [0.4, 0.5) is 0 Å². The Kier molecular flexibility index (Phi) is 36.8. The maximum Gasteiger partial charge on any atom is 0.361 e. The van der Waals surface area contributed by atoms with Crippen LogP contribution in [0, 0.1) is 0 Å². The number of aliphatic carboxylic acids is 1. The fraction of sp³-hybridized carbons (Fsp3) is 0.723. The number of hydrogen-bond acceptors (Lipinski definition) is 7. The van der Waals surface area contributed by atoms with Crippen LogP contribution in [0.2, 0.25) is 0 Å². The highest BCUT2D eigenvalue weighted by atomic mass is 16.7. The second-order valence-corrected chi connectivity index (χ2v) is 15.6. The van der Waals surface area contributed by atoms with Gasteiger partial charge in [-0.2, -0.15) is 0 Å². The van der Waals surface area contributed by atoms with Gasteiger partial charge in [0.1, 0.15) is 13.2 Å². The summed E-state index contributed by atoms with van der Waals surface area (Å²) in [7, 11) is 5.93. The van der Waals surface area contributed by atoms with Crippen LogP contribution in [0.1, 0.15) is 162 Å². The Balaban J connectivity index is 4.54. The summed E-state index contributed by atoms with van der Waals surface area (Å²) in [6, 6.07) is 0. The molecular formula is C47H82NO8+. The molecule has 0 aliphatic heterocycles. The zero-order chi connectivity index (χ0) is 41.4. The largest absolute Gasteiger partial charge is 0.477 e. The summed E-state index contributed by atoms with van der Waals surface area (Å²) in [5.41, 5.74) is 0. The van der Waals surface area contributed by atoms with E-state index in [0.29, 0.717) is 17.4 Å². The molecule has 0 bridgehead atoms. The van der Waals surface area contributed by atoms with Crippen LogP contribution >= 0.6 is 0 Å². The van der Waals surface area contributed by atoms with Crippen LogP contribution < -0.4 is 0 Å². The van der Waals surface area contributed by atoms with E-state index in [2.05, 4.69) is 74.6 Å². The first kappa shape index (κ1) is 53.0. The predicted octanol–water partition coefficient (Wildman–Crippen LogP) is 11.4. The fourth-order valence-electron chi connectivity index (χ4n) is 5.58. The zero-order valence-electron chi connectivity index (χ0n) is 36.3. The van der Waals surface area contributed by atoms with Gasteiger partial charge in [-0.3, -0.25) is 9.59 Å². The maximum absolute atomic E-state index is 12.7. The molecule has 0 heterocycles. The highest BCUT2D eigenvalue weighted by Crippen LogP contribution is 2.12. The van der Waals surface area contributed by atoms with E-state index >= 15 is 0 Å². The third-order valence-electron chi connectivity index (χ3n) is 9.01. The third kappa shape index (κ3) is 39.2. The molecule has 0 aromatic rings. The first-order valence-corrected chi connectivity index (χ1v) is 22.0. The Bertz CT molecular complexity index is 1100. The number of carboxylic acid groups (broad SMARTS) is 1. The Morgan fingerprint density at radius 1 is 0.554 bits per heavy atom. The molecule has 0 aromatic carbocycles. The second-order valence-electron chi connectivity index (χ2n) is 15.6. The number of allylic oxidation sites excluding steroid dienone is 10. The summed E-state index contributed by atoms with van der Waals surface area (Å²) >= 11 is 0. The maximum atomic E-state index is 12.7. The minimum absolute atomic E-state index is 0.176. The van der Waals surface area contributed by atoms with Crippen LogP contribution in [0.3, 0.4) is 0 Å². The molecule has 2 unspecified atom stereocenters. The molecule has 1 N–H and O–H groups in total. The van der Waals surface area contributed by atoms with Crippen molar-refractivity contribution in [3.05, 3.63) is 60.8 Å². The van der Waals surface area contributed by atoms with E-state index in [1.54, 1.807) is 0 Å². The highest BCUT2D eigenvalue weighted by Gasteiger charge is 2.25. The van der Waals surface area contributed by atoms with Crippen LogP contribution in [0.5, 0.6) is 0 Å². The van der Waals surface area contributed by atoms with Crippen molar-refractivity contribution in [1.29, 1.82) is 0 Å². The Morgan fingerprint density at radius 2 is 1.02 bits per heavy atom. The summed E-state index contributed by atoms with van der Waals surface area (Å²) in [6.07, 6.45) is 42.8. The van der Waals surface area contributed by atoms with Crippen LogP contribution in [0.25, 0.3) is 0 Å². The zero-order valence-corrected chi connectivity index (χ0v) is 36.3. The number of carbonyl (C=O) groups excluding carboxylic acids is 2. The van der Waals surface area contributed by atoms with Gasteiger partial charge in [0, 0.05) is 12.8 Å². The van der Waals surface area contributed by atoms with E-state index in [1.165, 1.54) is 51.4 Å². The molecule has 9 nitrogen and oxygen atoms in total. The number of carbonyl (C=O) groups is 3. The van der Waals surface area contributed by atoms with Crippen molar-refractivity contribution in [3.8, 4) is 0 Å². The standard InChI is InChI=1S/C47H81NO8/c1-6-8-10-12-14-16-18-20-22-24-25-27-29-31-33-35-37-44(49)54-41-43(42-55-47(46(51)52)53-40-39-48(3,4)5)56-45(50)38-36-34-32-30-28-26-23-21-19-17-15-13-11-9-7-2/h9,11,15,17,21-24,28,30,43,47H,6-8,10,12-14,16,18-20,25-27,29,31-42H2,1-5H3/p+1/b11-9-,17-15-,23-21-,24-22-,30-28-. The van der Waals surface area contributed by atoms with Gasteiger partial charge < -0.3 is 28.5 Å². The van der Waals surface area contributed by atoms with E-state index in [0.717, 1.165) is 77.0 Å². The predicted molar refractivity (Wildman–Crippen MR) is 230 cm³/mol. The molecule has 0 rings (SSSR count). The van der Waals surface area contributed by atoms with E-state index in [9.17, 15) is 19.5 Å². The average Bonchev–Trinajstić information content (AvgIpc) is 3.15. The number of nitrogens with zero attached hydrogens (tertiary/aromatic N) is 1. The topological polar surface area (TPSA) is 108 Å². The van der Waals surface area contributed by atoms with E-state index in [1.807, 2.05) is 21.1 Å². The quantitative estimate of drug-likeness (QED) is 0.0216. The van der Waals surface area contributed by atoms with Gasteiger partial charge >= 0.3 is 17.9 Å². The molecule has 56 heavy (non-hydrogen) atoms. The normalized spacial score (nSPS) is 13.5. The first-order valence-electron chi connectivity index (χ1n) is 22.0. The van der Waals surface area contributed by atoms with Gasteiger partial charge in [0.05, 0.1) is 34.4 Å².